The smallest absolute Gasteiger partial charge is 0.302 e. The normalized spacial score (nSPS) is 37.8. The lowest BCUT2D eigenvalue weighted by Crippen LogP contribution is -2.40. The molecule has 1 fully saturated rings. The number of allylic oxidation sites excluding steroid dienone is 2. The molecule has 2 aliphatic carbocycles. The van der Waals surface area contributed by atoms with Gasteiger partial charge in [0.25, 0.3) is 0 Å². The Kier molecular flexibility index (Phi) is 3.09. The molecule has 0 aliphatic heterocycles. The van der Waals surface area contributed by atoms with Crippen LogP contribution in [0.3, 0.4) is 0 Å². The average Bonchev–Trinajstić information content (AvgIpc) is 2.54. The van der Waals surface area contributed by atoms with Gasteiger partial charge < -0.3 is 4.74 Å². The lowest BCUT2D eigenvalue weighted by Gasteiger charge is -2.43. The monoisotopic (exact) mass is 222 g/mol. The topological polar surface area (TPSA) is 26.3 Å². The highest BCUT2D eigenvalue weighted by atomic mass is 16.5. The zero-order valence-electron chi connectivity index (χ0n) is 10.6. The van der Waals surface area contributed by atoms with E-state index in [1.165, 1.54) is 19.8 Å². The van der Waals surface area contributed by atoms with E-state index in [-0.39, 0.29) is 12.1 Å². The first kappa shape index (κ1) is 11.7. The van der Waals surface area contributed by atoms with Crippen LogP contribution in [0, 0.1) is 11.3 Å². The van der Waals surface area contributed by atoms with E-state index in [0.29, 0.717) is 11.3 Å². The zero-order chi connectivity index (χ0) is 11.8. The molecule has 2 nitrogen and oxygen atoms in total. The summed E-state index contributed by atoms with van der Waals surface area (Å²) in [7, 11) is 0. The van der Waals surface area contributed by atoms with Gasteiger partial charge in [-0.2, -0.15) is 0 Å². The number of hydrogen-bond acceptors (Lipinski definition) is 2. The fourth-order valence-electron chi connectivity index (χ4n) is 3.68. The summed E-state index contributed by atoms with van der Waals surface area (Å²) in [5.41, 5.74) is 1.88. The van der Waals surface area contributed by atoms with Crippen molar-refractivity contribution in [3.63, 3.8) is 0 Å². The van der Waals surface area contributed by atoms with Gasteiger partial charge in [-0.1, -0.05) is 25.5 Å². The summed E-state index contributed by atoms with van der Waals surface area (Å²) >= 11 is 0. The summed E-state index contributed by atoms with van der Waals surface area (Å²) in [5.74, 6) is 0.402. The largest absolute Gasteiger partial charge is 0.462 e. The van der Waals surface area contributed by atoms with Crippen LogP contribution in [0.4, 0.5) is 0 Å². The van der Waals surface area contributed by atoms with Crippen LogP contribution >= 0.6 is 0 Å². The van der Waals surface area contributed by atoms with Gasteiger partial charge in [0, 0.05) is 12.8 Å². The predicted molar refractivity (Wildman–Crippen MR) is 64.0 cm³/mol. The minimum absolute atomic E-state index is 0.126. The minimum atomic E-state index is -0.126. The Morgan fingerprint density at radius 3 is 3.00 bits per heavy atom. The van der Waals surface area contributed by atoms with Gasteiger partial charge in [-0.05, 0) is 37.5 Å². The van der Waals surface area contributed by atoms with Gasteiger partial charge in [-0.25, -0.2) is 0 Å². The summed E-state index contributed by atoms with van der Waals surface area (Å²) in [5, 5.41) is 0. The van der Waals surface area contributed by atoms with E-state index in [0.717, 1.165) is 19.3 Å². The van der Waals surface area contributed by atoms with E-state index >= 15 is 0 Å². The Balaban J connectivity index is 2.16. The van der Waals surface area contributed by atoms with Gasteiger partial charge in [0.05, 0.1) is 0 Å². The lowest BCUT2D eigenvalue weighted by atomic mass is 9.65. The van der Waals surface area contributed by atoms with Crippen molar-refractivity contribution < 1.29 is 9.53 Å². The van der Waals surface area contributed by atoms with Crippen LogP contribution in [-0.2, 0) is 9.53 Å². The molecule has 0 radical (unpaired) electrons. The molecule has 0 saturated heterocycles. The Labute approximate surface area is 98.1 Å². The second-order valence-corrected chi connectivity index (χ2v) is 5.38. The third kappa shape index (κ3) is 1.79. The number of carbonyl (C=O) groups is 1. The van der Waals surface area contributed by atoms with Crippen molar-refractivity contribution in [2.75, 3.05) is 0 Å². The minimum Gasteiger partial charge on any atom is -0.462 e. The van der Waals surface area contributed by atoms with Gasteiger partial charge in [0.15, 0.2) is 0 Å². The molecule has 3 atom stereocenters. The molecular formula is C14H22O2. The van der Waals surface area contributed by atoms with E-state index in [1.54, 1.807) is 5.57 Å². The van der Waals surface area contributed by atoms with Crippen molar-refractivity contribution in [1.82, 2.24) is 0 Å². The van der Waals surface area contributed by atoms with Crippen molar-refractivity contribution in [3.8, 4) is 0 Å². The summed E-state index contributed by atoms with van der Waals surface area (Å²) < 4.78 is 5.49. The molecule has 0 amide bonds. The maximum absolute atomic E-state index is 11.1. The number of carbonyl (C=O) groups excluding carboxylic acids is 1. The van der Waals surface area contributed by atoms with Crippen molar-refractivity contribution in [2.24, 2.45) is 11.3 Å². The van der Waals surface area contributed by atoms with Gasteiger partial charge in [0.2, 0.25) is 0 Å². The number of ether oxygens (including phenoxy) is 1. The van der Waals surface area contributed by atoms with Crippen LogP contribution in [0.15, 0.2) is 11.6 Å². The highest BCUT2D eigenvalue weighted by molar-refractivity contribution is 5.66. The molecule has 2 aliphatic rings. The van der Waals surface area contributed by atoms with E-state index in [4.69, 9.17) is 4.74 Å². The average molecular weight is 222 g/mol. The van der Waals surface area contributed by atoms with Gasteiger partial charge in [-0.3, -0.25) is 4.79 Å². The highest BCUT2D eigenvalue weighted by Gasteiger charge is 2.47. The SMILES string of the molecule is CCC1=CCC2C(OC(C)=O)CCC[C@]12C. The summed E-state index contributed by atoms with van der Waals surface area (Å²) in [6.07, 6.45) is 8.25. The first-order chi connectivity index (χ1) is 7.58. The second kappa shape index (κ2) is 4.23. The van der Waals surface area contributed by atoms with Gasteiger partial charge >= 0.3 is 5.97 Å². The molecule has 0 aromatic heterocycles. The molecule has 1 saturated carbocycles. The maximum Gasteiger partial charge on any atom is 0.302 e. The molecular weight excluding hydrogens is 200 g/mol. The first-order valence-electron chi connectivity index (χ1n) is 6.44. The quantitative estimate of drug-likeness (QED) is 0.528. The van der Waals surface area contributed by atoms with Crippen molar-refractivity contribution >= 4 is 5.97 Å². The van der Waals surface area contributed by atoms with Gasteiger partial charge in [0.1, 0.15) is 6.10 Å². The van der Waals surface area contributed by atoms with Crippen molar-refractivity contribution in [2.45, 2.75) is 59.0 Å². The van der Waals surface area contributed by atoms with Crippen molar-refractivity contribution in [3.05, 3.63) is 11.6 Å². The predicted octanol–water partition coefficient (Wildman–Crippen LogP) is 3.46. The first-order valence-corrected chi connectivity index (χ1v) is 6.44. The third-order valence-electron chi connectivity index (χ3n) is 4.50. The Morgan fingerprint density at radius 2 is 2.38 bits per heavy atom. The molecule has 90 valence electrons. The van der Waals surface area contributed by atoms with Crippen molar-refractivity contribution in [1.29, 1.82) is 0 Å². The van der Waals surface area contributed by atoms with Crippen LogP contribution < -0.4 is 0 Å². The Morgan fingerprint density at radius 1 is 1.62 bits per heavy atom. The number of rotatable bonds is 2. The fraction of sp³-hybridized carbons (Fsp3) is 0.786. The molecule has 2 unspecified atom stereocenters. The number of fused-ring (bicyclic) bond motifs is 1. The van der Waals surface area contributed by atoms with Crippen LogP contribution in [0.5, 0.6) is 0 Å². The van der Waals surface area contributed by atoms with E-state index < -0.39 is 0 Å². The summed E-state index contributed by atoms with van der Waals surface area (Å²) in [6, 6.07) is 0. The molecule has 0 bridgehead atoms. The standard InChI is InChI=1S/C14H22O2/c1-4-11-7-8-12-13(16-10(2)15)6-5-9-14(11,12)3/h7,12-13H,4-6,8-9H2,1-3H3/t12?,13?,14-/m1/s1. The summed E-state index contributed by atoms with van der Waals surface area (Å²) in [6.45, 7) is 6.11. The lowest BCUT2D eigenvalue weighted by molar-refractivity contribution is -0.153. The van der Waals surface area contributed by atoms with E-state index in [9.17, 15) is 4.79 Å². The van der Waals surface area contributed by atoms with E-state index in [2.05, 4.69) is 19.9 Å². The highest BCUT2D eigenvalue weighted by Crippen LogP contribution is 2.54. The Hall–Kier alpha value is -0.790. The molecule has 2 heteroatoms. The molecule has 0 N–H and O–H groups in total. The zero-order valence-corrected chi connectivity index (χ0v) is 10.6. The third-order valence-corrected chi connectivity index (χ3v) is 4.50. The van der Waals surface area contributed by atoms with Gasteiger partial charge in [-0.15, -0.1) is 0 Å². The number of esters is 1. The fourth-order valence-corrected chi connectivity index (χ4v) is 3.68. The Bertz CT molecular complexity index is 319. The second-order valence-electron chi connectivity index (χ2n) is 5.38. The molecule has 0 aromatic rings. The van der Waals surface area contributed by atoms with E-state index in [1.807, 2.05) is 0 Å². The van der Waals surface area contributed by atoms with Crippen LogP contribution in [0.1, 0.15) is 52.9 Å². The molecule has 16 heavy (non-hydrogen) atoms. The molecule has 0 heterocycles. The van der Waals surface area contributed by atoms with Crippen LogP contribution in [0.25, 0.3) is 0 Å². The van der Waals surface area contributed by atoms with Crippen LogP contribution in [0.2, 0.25) is 0 Å². The van der Waals surface area contributed by atoms with Crippen LogP contribution in [-0.4, -0.2) is 12.1 Å². The molecule has 2 rings (SSSR count). The molecule has 0 aromatic carbocycles. The molecule has 0 spiro atoms. The maximum atomic E-state index is 11.1. The number of hydrogen-bond donors (Lipinski definition) is 0. The summed E-state index contributed by atoms with van der Waals surface area (Å²) in [4.78, 5) is 11.1.